The van der Waals surface area contributed by atoms with Gasteiger partial charge in [-0.05, 0) is 40.0 Å². The number of H-pyrrole nitrogens is 1. The highest BCUT2D eigenvalue weighted by Gasteiger charge is 2.12. The van der Waals surface area contributed by atoms with Crippen LogP contribution in [-0.4, -0.2) is 35.4 Å². The fourth-order valence-electron chi connectivity index (χ4n) is 3.46. The predicted octanol–water partition coefficient (Wildman–Crippen LogP) is 3.93. The average Bonchev–Trinajstić information content (AvgIpc) is 3.38. The molecule has 0 amide bonds. The van der Waals surface area contributed by atoms with Crippen molar-refractivity contribution in [2.75, 3.05) is 0 Å². The predicted molar refractivity (Wildman–Crippen MR) is 112 cm³/mol. The Morgan fingerprint density at radius 1 is 1.00 bits per heavy atom. The van der Waals surface area contributed by atoms with Crippen molar-refractivity contribution in [3.63, 3.8) is 0 Å². The van der Waals surface area contributed by atoms with Crippen molar-refractivity contribution >= 4 is 0 Å². The minimum atomic E-state index is 0.550. The zero-order valence-corrected chi connectivity index (χ0v) is 17.0. The Morgan fingerprint density at radius 3 is 2.41 bits per heavy atom. The molecular weight excluding hydrogens is 362 g/mol. The number of hydrogen-bond donors (Lipinski definition) is 1. The molecule has 7 nitrogen and oxygen atoms in total. The minimum Gasteiger partial charge on any atom is -0.250 e. The number of aromatic amines is 1. The van der Waals surface area contributed by atoms with Crippen LogP contribution >= 0.6 is 0 Å². The van der Waals surface area contributed by atoms with E-state index in [0.717, 1.165) is 47.7 Å². The lowest BCUT2D eigenvalue weighted by Crippen LogP contribution is -2.04. The Labute approximate surface area is 170 Å². The van der Waals surface area contributed by atoms with E-state index in [9.17, 15) is 0 Å². The van der Waals surface area contributed by atoms with E-state index in [1.54, 1.807) is 0 Å². The van der Waals surface area contributed by atoms with Crippen LogP contribution in [0.4, 0.5) is 0 Å². The van der Waals surface area contributed by atoms with Gasteiger partial charge in [0.05, 0.1) is 0 Å². The fraction of sp³-hybridized carbons (Fsp3) is 0.318. The number of nitrogens with one attached hydrogen (secondary N) is 1. The van der Waals surface area contributed by atoms with Crippen LogP contribution in [0, 0.1) is 5.92 Å². The highest BCUT2D eigenvalue weighted by atomic mass is 15.5. The van der Waals surface area contributed by atoms with E-state index >= 15 is 0 Å². The second-order valence-electron chi connectivity index (χ2n) is 7.53. The van der Waals surface area contributed by atoms with Crippen LogP contribution in [0.3, 0.4) is 0 Å². The Morgan fingerprint density at radius 2 is 1.76 bits per heavy atom. The van der Waals surface area contributed by atoms with Crippen molar-refractivity contribution in [2.24, 2.45) is 5.92 Å². The second kappa shape index (κ2) is 8.34. The lowest BCUT2D eigenvalue weighted by atomic mass is 9.98. The molecule has 0 aliphatic carbocycles. The first-order chi connectivity index (χ1) is 14.1. The molecule has 0 aliphatic heterocycles. The van der Waals surface area contributed by atoms with Gasteiger partial charge in [0.15, 0.2) is 11.6 Å². The number of tetrazole rings is 1. The topological polar surface area (TPSA) is 85.2 Å². The van der Waals surface area contributed by atoms with Gasteiger partial charge in [-0.2, -0.15) is 5.10 Å². The van der Waals surface area contributed by atoms with E-state index in [1.165, 1.54) is 5.56 Å². The van der Waals surface area contributed by atoms with Crippen LogP contribution in [0.15, 0.2) is 48.5 Å². The fourth-order valence-corrected chi connectivity index (χ4v) is 3.46. The molecule has 0 aliphatic rings. The maximum atomic E-state index is 4.77. The largest absolute Gasteiger partial charge is 0.250 e. The first-order valence-electron chi connectivity index (χ1n) is 9.99. The van der Waals surface area contributed by atoms with Crippen molar-refractivity contribution in [1.29, 1.82) is 0 Å². The lowest BCUT2D eigenvalue weighted by molar-refractivity contribution is 0.589. The minimum absolute atomic E-state index is 0.550. The molecule has 0 bridgehead atoms. The van der Waals surface area contributed by atoms with E-state index in [1.807, 2.05) is 22.9 Å². The van der Waals surface area contributed by atoms with E-state index in [0.29, 0.717) is 11.7 Å². The molecule has 0 radical (unpaired) electrons. The van der Waals surface area contributed by atoms with E-state index in [2.05, 4.69) is 76.8 Å². The molecule has 2 aromatic carbocycles. The van der Waals surface area contributed by atoms with Gasteiger partial charge in [0, 0.05) is 24.9 Å². The van der Waals surface area contributed by atoms with Crippen LogP contribution in [0.25, 0.3) is 22.5 Å². The van der Waals surface area contributed by atoms with Gasteiger partial charge in [-0.25, -0.2) is 14.8 Å². The molecule has 2 heterocycles. The summed E-state index contributed by atoms with van der Waals surface area (Å²) in [6, 6.07) is 16.7. The second-order valence-corrected chi connectivity index (χ2v) is 7.53. The summed E-state index contributed by atoms with van der Waals surface area (Å²) in [7, 11) is 0. The van der Waals surface area contributed by atoms with E-state index in [4.69, 9.17) is 4.98 Å². The molecule has 0 saturated carbocycles. The van der Waals surface area contributed by atoms with Gasteiger partial charge < -0.3 is 0 Å². The van der Waals surface area contributed by atoms with Gasteiger partial charge >= 0.3 is 0 Å². The summed E-state index contributed by atoms with van der Waals surface area (Å²) in [6.07, 6.45) is 1.68. The third-order valence-corrected chi connectivity index (χ3v) is 4.84. The third-order valence-electron chi connectivity index (χ3n) is 4.84. The van der Waals surface area contributed by atoms with Gasteiger partial charge in [-0.15, -0.1) is 5.10 Å². The van der Waals surface area contributed by atoms with Gasteiger partial charge in [-0.3, -0.25) is 0 Å². The molecule has 0 fully saturated rings. The summed E-state index contributed by atoms with van der Waals surface area (Å²) in [4.78, 5) is 4.77. The van der Waals surface area contributed by atoms with E-state index in [-0.39, 0.29) is 0 Å². The zero-order chi connectivity index (χ0) is 20.2. The van der Waals surface area contributed by atoms with Crippen LogP contribution in [-0.2, 0) is 19.4 Å². The monoisotopic (exact) mass is 387 g/mol. The molecule has 29 heavy (non-hydrogen) atoms. The molecule has 1 N–H and O–H groups in total. The van der Waals surface area contributed by atoms with Crippen LogP contribution in [0.1, 0.15) is 38.0 Å². The first kappa shape index (κ1) is 19.0. The van der Waals surface area contributed by atoms with Crippen molar-refractivity contribution in [2.45, 2.75) is 40.2 Å². The first-order valence-corrected chi connectivity index (χ1v) is 9.99. The summed E-state index contributed by atoms with van der Waals surface area (Å²) < 4.78 is 2.01. The van der Waals surface area contributed by atoms with E-state index < -0.39 is 0 Å². The van der Waals surface area contributed by atoms with Gasteiger partial charge in [0.25, 0.3) is 0 Å². The van der Waals surface area contributed by atoms with Crippen molar-refractivity contribution < 1.29 is 0 Å². The van der Waals surface area contributed by atoms with Crippen LogP contribution in [0.5, 0.6) is 0 Å². The highest BCUT2D eigenvalue weighted by molar-refractivity contribution is 5.80. The standard InChI is InChI=1S/C22H25N7/c1-4-29-21(23-20(26-29)13-15(2)3)14-16-9-11-17(12-10-16)18-7-5-6-8-19(18)22-24-27-28-25-22/h5-12,15H,4,13-14H2,1-3H3,(H,24,25,27,28). The zero-order valence-electron chi connectivity index (χ0n) is 17.0. The molecule has 4 aromatic rings. The Balaban J connectivity index is 1.58. The Kier molecular flexibility index (Phi) is 5.46. The summed E-state index contributed by atoms with van der Waals surface area (Å²) in [5, 5.41) is 18.9. The third kappa shape index (κ3) is 4.23. The molecule has 148 valence electrons. The number of benzene rings is 2. The molecule has 7 heteroatoms. The number of aryl methyl sites for hydroxylation is 1. The molecule has 2 aromatic heterocycles. The van der Waals surface area contributed by atoms with Gasteiger partial charge in [0.2, 0.25) is 0 Å². The van der Waals surface area contributed by atoms with Crippen molar-refractivity contribution in [1.82, 2.24) is 35.4 Å². The molecule has 0 unspecified atom stereocenters. The van der Waals surface area contributed by atoms with Gasteiger partial charge in [-0.1, -0.05) is 62.4 Å². The highest BCUT2D eigenvalue weighted by Crippen LogP contribution is 2.29. The normalized spacial score (nSPS) is 11.3. The molecule has 0 spiro atoms. The Bertz CT molecular complexity index is 1060. The molecular formula is C22H25N7. The molecule has 4 rings (SSSR count). The Hall–Kier alpha value is -3.35. The maximum Gasteiger partial charge on any atom is 0.180 e. The smallest absolute Gasteiger partial charge is 0.180 e. The van der Waals surface area contributed by atoms with Gasteiger partial charge in [0.1, 0.15) is 5.82 Å². The number of aromatic nitrogens is 7. The number of nitrogens with zero attached hydrogens (tertiary/aromatic N) is 6. The average molecular weight is 387 g/mol. The maximum absolute atomic E-state index is 4.77. The summed E-state index contributed by atoms with van der Waals surface area (Å²) >= 11 is 0. The van der Waals surface area contributed by atoms with Crippen LogP contribution in [0.2, 0.25) is 0 Å². The van der Waals surface area contributed by atoms with Crippen LogP contribution < -0.4 is 0 Å². The number of hydrogen-bond acceptors (Lipinski definition) is 5. The lowest BCUT2D eigenvalue weighted by Gasteiger charge is -2.08. The quantitative estimate of drug-likeness (QED) is 0.519. The molecule has 0 saturated heterocycles. The SMILES string of the molecule is CCn1nc(CC(C)C)nc1Cc1ccc(-c2ccccc2-c2nnn[nH]2)cc1. The van der Waals surface area contributed by atoms with Crippen molar-refractivity contribution in [3.05, 3.63) is 65.7 Å². The molecule has 0 atom stereocenters. The summed E-state index contributed by atoms with van der Waals surface area (Å²) in [6.45, 7) is 7.32. The van der Waals surface area contributed by atoms with Crippen molar-refractivity contribution in [3.8, 4) is 22.5 Å². The summed E-state index contributed by atoms with van der Waals surface area (Å²) in [5.74, 6) is 3.17. The number of rotatable bonds is 7. The summed E-state index contributed by atoms with van der Waals surface area (Å²) in [5.41, 5.74) is 4.41.